The molecule has 0 N–H and O–H groups in total. The molecule has 1 fully saturated rings. The molecular formula is C8H14N2S. The topological polar surface area (TPSA) is 15.6 Å². The second-order valence-electron chi connectivity index (χ2n) is 3.25. The van der Waals surface area contributed by atoms with Crippen molar-refractivity contribution in [2.24, 2.45) is 4.99 Å². The minimum absolute atomic E-state index is 0.714. The maximum absolute atomic E-state index is 4.50. The van der Waals surface area contributed by atoms with Crippen LogP contribution in [0.5, 0.6) is 0 Å². The van der Waals surface area contributed by atoms with Crippen molar-refractivity contribution < 1.29 is 0 Å². The molecule has 11 heavy (non-hydrogen) atoms. The molecule has 3 heteroatoms. The first-order valence-corrected chi connectivity index (χ1v) is 5.20. The van der Waals surface area contributed by atoms with E-state index < -0.39 is 0 Å². The molecule has 1 atom stereocenters. The smallest absolute Gasteiger partial charge is 0.159 e. The quantitative estimate of drug-likeness (QED) is 0.548. The van der Waals surface area contributed by atoms with Crippen LogP contribution in [-0.4, -0.2) is 35.0 Å². The molecule has 0 radical (unpaired) electrons. The van der Waals surface area contributed by atoms with Crippen LogP contribution in [-0.2, 0) is 0 Å². The third-order valence-corrected chi connectivity index (χ3v) is 3.32. The molecule has 62 valence electrons. The molecule has 0 aliphatic carbocycles. The fourth-order valence-corrected chi connectivity index (χ4v) is 2.53. The number of likely N-dealkylation sites (tertiary alicyclic amines) is 1. The third kappa shape index (κ3) is 1.53. The van der Waals surface area contributed by atoms with Gasteiger partial charge >= 0.3 is 0 Å². The van der Waals surface area contributed by atoms with Gasteiger partial charge in [-0.3, -0.25) is 4.99 Å². The lowest BCUT2D eigenvalue weighted by Crippen LogP contribution is -2.23. The predicted octanol–water partition coefficient (Wildman–Crippen LogP) is 1.57. The van der Waals surface area contributed by atoms with Crippen LogP contribution in [0.1, 0.15) is 19.8 Å². The maximum atomic E-state index is 4.50. The van der Waals surface area contributed by atoms with E-state index in [4.69, 9.17) is 0 Å². The Morgan fingerprint density at radius 2 is 2.18 bits per heavy atom. The monoisotopic (exact) mass is 170 g/mol. The van der Waals surface area contributed by atoms with Crippen LogP contribution >= 0.6 is 11.8 Å². The molecule has 2 rings (SSSR count). The molecule has 2 aliphatic rings. The van der Waals surface area contributed by atoms with Crippen LogP contribution in [0, 0.1) is 0 Å². The standard InChI is InChI=1S/C8H14N2S/c1-7-6-9-8(11-7)10-4-2-3-5-10/h7H,2-6H2,1H3. The molecule has 1 unspecified atom stereocenters. The summed E-state index contributed by atoms with van der Waals surface area (Å²) in [6, 6.07) is 0. The maximum Gasteiger partial charge on any atom is 0.159 e. The summed E-state index contributed by atoms with van der Waals surface area (Å²) < 4.78 is 0. The van der Waals surface area contributed by atoms with Gasteiger partial charge in [0.2, 0.25) is 0 Å². The Balaban J connectivity index is 1.94. The summed E-state index contributed by atoms with van der Waals surface area (Å²) in [4.78, 5) is 6.93. The van der Waals surface area contributed by atoms with Gasteiger partial charge in [0.15, 0.2) is 5.17 Å². The molecule has 0 bridgehead atoms. The number of hydrogen-bond donors (Lipinski definition) is 0. The van der Waals surface area contributed by atoms with E-state index in [1.165, 1.54) is 31.1 Å². The Kier molecular flexibility index (Phi) is 2.07. The van der Waals surface area contributed by atoms with E-state index in [1.807, 2.05) is 11.8 Å². The molecule has 0 saturated carbocycles. The van der Waals surface area contributed by atoms with E-state index >= 15 is 0 Å². The van der Waals surface area contributed by atoms with Crippen molar-refractivity contribution in [3.63, 3.8) is 0 Å². The lowest BCUT2D eigenvalue weighted by atomic mass is 10.4. The van der Waals surface area contributed by atoms with Gasteiger partial charge in [0.1, 0.15) is 0 Å². The van der Waals surface area contributed by atoms with Crippen LogP contribution in [0.4, 0.5) is 0 Å². The van der Waals surface area contributed by atoms with Crippen LogP contribution < -0.4 is 0 Å². The lowest BCUT2D eigenvalue weighted by molar-refractivity contribution is 0.530. The Morgan fingerprint density at radius 3 is 2.73 bits per heavy atom. The molecule has 2 heterocycles. The summed E-state index contributed by atoms with van der Waals surface area (Å²) in [6.07, 6.45) is 2.71. The van der Waals surface area contributed by atoms with Gasteiger partial charge in [0.25, 0.3) is 0 Å². The van der Waals surface area contributed by atoms with Crippen molar-refractivity contribution in [2.75, 3.05) is 19.6 Å². The molecule has 2 nitrogen and oxygen atoms in total. The number of rotatable bonds is 0. The lowest BCUT2D eigenvalue weighted by Gasteiger charge is -2.15. The molecule has 2 aliphatic heterocycles. The zero-order valence-electron chi connectivity index (χ0n) is 6.92. The average molecular weight is 170 g/mol. The average Bonchev–Trinajstić information content (AvgIpc) is 2.55. The second-order valence-corrected chi connectivity index (χ2v) is 4.65. The number of nitrogens with zero attached hydrogens (tertiary/aromatic N) is 2. The van der Waals surface area contributed by atoms with Crippen molar-refractivity contribution in [3.05, 3.63) is 0 Å². The first-order chi connectivity index (χ1) is 5.36. The van der Waals surface area contributed by atoms with Gasteiger partial charge in [-0.2, -0.15) is 0 Å². The zero-order valence-corrected chi connectivity index (χ0v) is 7.73. The SMILES string of the molecule is CC1CN=C(N2CCCC2)S1. The molecule has 0 aromatic carbocycles. The first kappa shape index (κ1) is 7.47. The van der Waals surface area contributed by atoms with E-state index in [0.717, 1.165) is 6.54 Å². The highest BCUT2D eigenvalue weighted by atomic mass is 32.2. The second kappa shape index (κ2) is 3.05. The first-order valence-electron chi connectivity index (χ1n) is 4.32. The highest BCUT2D eigenvalue weighted by molar-refractivity contribution is 8.14. The molecule has 0 amide bonds. The predicted molar refractivity (Wildman–Crippen MR) is 50.2 cm³/mol. The summed E-state index contributed by atoms with van der Waals surface area (Å²) in [5.74, 6) is 0. The van der Waals surface area contributed by atoms with Gasteiger partial charge in [-0.25, -0.2) is 0 Å². The van der Waals surface area contributed by atoms with Gasteiger partial charge in [0.05, 0.1) is 6.54 Å². The summed E-state index contributed by atoms with van der Waals surface area (Å²) >= 11 is 1.94. The van der Waals surface area contributed by atoms with E-state index in [0.29, 0.717) is 5.25 Å². The summed E-state index contributed by atoms with van der Waals surface area (Å²) in [6.45, 7) is 5.74. The normalized spacial score (nSPS) is 31.2. The van der Waals surface area contributed by atoms with Crippen LogP contribution in [0.15, 0.2) is 4.99 Å². The van der Waals surface area contributed by atoms with E-state index in [9.17, 15) is 0 Å². The van der Waals surface area contributed by atoms with Crippen molar-refractivity contribution in [1.29, 1.82) is 0 Å². The third-order valence-electron chi connectivity index (χ3n) is 2.17. The zero-order chi connectivity index (χ0) is 7.68. The fourth-order valence-electron chi connectivity index (χ4n) is 1.54. The number of hydrogen-bond acceptors (Lipinski definition) is 3. The van der Waals surface area contributed by atoms with Gasteiger partial charge in [-0.15, -0.1) is 0 Å². The van der Waals surface area contributed by atoms with Crippen molar-refractivity contribution in [1.82, 2.24) is 4.90 Å². The largest absolute Gasteiger partial charge is 0.351 e. The Labute approximate surface area is 72.1 Å². The summed E-state index contributed by atoms with van der Waals surface area (Å²) in [5.41, 5.74) is 0. The van der Waals surface area contributed by atoms with Gasteiger partial charge in [0, 0.05) is 18.3 Å². The highest BCUT2D eigenvalue weighted by Gasteiger charge is 2.22. The van der Waals surface area contributed by atoms with Gasteiger partial charge < -0.3 is 4.90 Å². The molecule has 0 aromatic heterocycles. The number of thioether (sulfide) groups is 1. The van der Waals surface area contributed by atoms with Crippen LogP contribution in [0.2, 0.25) is 0 Å². The number of aliphatic imine (C=N–C) groups is 1. The van der Waals surface area contributed by atoms with Gasteiger partial charge in [-0.05, 0) is 12.8 Å². The van der Waals surface area contributed by atoms with Gasteiger partial charge in [-0.1, -0.05) is 18.7 Å². The number of amidine groups is 1. The molecular weight excluding hydrogens is 156 g/mol. The summed E-state index contributed by atoms with van der Waals surface area (Å²) in [5, 5.41) is 2.01. The van der Waals surface area contributed by atoms with Crippen molar-refractivity contribution >= 4 is 16.9 Å². The van der Waals surface area contributed by atoms with E-state index in [1.54, 1.807) is 0 Å². The summed E-state index contributed by atoms with van der Waals surface area (Å²) in [7, 11) is 0. The Hall–Kier alpha value is -0.180. The minimum Gasteiger partial charge on any atom is -0.351 e. The highest BCUT2D eigenvalue weighted by Crippen LogP contribution is 2.25. The van der Waals surface area contributed by atoms with Crippen LogP contribution in [0.3, 0.4) is 0 Å². The van der Waals surface area contributed by atoms with E-state index in [-0.39, 0.29) is 0 Å². The molecule has 0 aromatic rings. The van der Waals surface area contributed by atoms with Crippen LogP contribution in [0.25, 0.3) is 0 Å². The van der Waals surface area contributed by atoms with Crippen molar-refractivity contribution in [3.8, 4) is 0 Å². The Morgan fingerprint density at radius 1 is 1.45 bits per heavy atom. The van der Waals surface area contributed by atoms with E-state index in [2.05, 4.69) is 16.8 Å². The fraction of sp³-hybridized carbons (Fsp3) is 0.875. The van der Waals surface area contributed by atoms with Crippen molar-refractivity contribution in [2.45, 2.75) is 25.0 Å². The minimum atomic E-state index is 0.714. The Bertz CT molecular complexity index is 173. The molecule has 1 saturated heterocycles. The molecule has 0 spiro atoms.